The number of aliphatic hydroxyl groups excluding tert-OH is 1. The Morgan fingerprint density at radius 3 is 2.71 bits per heavy atom. The zero-order chi connectivity index (χ0) is 12.7. The minimum Gasteiger partial charge on any atom is -0.466 e. The van der Waals surface area contributed by atoms with E-state index >= 15 is 0 Å². The van der Waals surface area contributed by atoms with Gasteiger partial charge in [-0.15, -0.1) is 0 Å². The van der Waals surface area contributed by atoms with Gasteiger partial charge in [0.25, 0.3) is 0 Å². The molecule has 0 aliphatic carbocycles. The number of ether oxygens (including phenoxy) is 1. The number of esters is 1. The molecule has 0 amide bonds. The second kappa shape index (κ2) is 7.50. The first-order chi connectivity index (χ1) is 8.11. The Kier molecular flexibility index (Phi) is 6.28. The van der Waals surface area contributed by atoms with Gasteiger partial charge in [-0.05, 0) is 53.8 Å². The molecule has 1 rings (SSSR count). The Morgan fingerprint density at radius 1 is 1.47 bits per heavy atom. The first-order valence-corrected chi connectivity index (χ1v) is 6.52. The number of anilines is 1. The first-order valence-electron chi connectivity index (χ1n) is 5.45. The number of hydrogen-bond donors (Lipinski definition) is 2. The van der Waals surface area contributed by atoms with Gasteiger partial charge in [-0.3, -0.25) is 4.79 Å². The Balaban J connectivity index is 2.30. The number of rotatable bonds is 6. The van der Waals surface area contributed by atoms with Crippen LogP contribution in [0.3, 0.4) is 0 Å². The summed E-state index contributed by atoms with van der Waals surface area (Å²) in [7, 11) is 0. The minimum atomic E-state index is -0.728. The van der Waals surface area contributed by atoms with Crippen LogP contribution in [0.2, 0.25) is 0 Å². The Labute approximate surface area is 115 Å². The predicted octanol–water partition coefficient (Wildman–Crippen LogP) is 2.02. The van der Waals surface area contributed by atoms with Gasteiger partial charge in [-0.1, -0.05) is 0 Å². The maximum absolute atomic E-state index is 11.1. The molecule has 5 heteroatoms. The molecule has 0 bridgehead atoms. The maximum atomic E-state index is 11.1. The topological polar surface area (TPSA) is 58.6 Å². The van der Waals surface area contributed by atoms with Crippen molar-refractivity contribution >= 4 is 34.2 Å². The molecule has 0 saturated carbocycles. The van der Waals surface area contributed by atoms with Crippen molar-refractivity contribution in [2.45, 2.75) is 19.4 Å². The minimum absolute atomic E-state index is 0.0191. The smallest absolute Gasteiger partial charge is 0.308 e. The van der Waals surface area contributed by atoms with Crippen molar-refractivity contribution < 1.29 is 14.6 Å². The van der Waals surface area contributed by atoms with E-state index in [2.05, 4.69) is 27.9 Å². The monoisotopic (exact) mass is 349 g/mol. The number of aliphatic hydroxyl groups is 1. The van der Waals surface area contributed by atoms with Crippen molar-refractivity contribution in [3.8, 4) is 0 Å². The SMILES string of the molecule is CCOC(=O)CC(O)CNc1ccc(I)cc1. The molecule has 17 heavy (non-hydrogen) atoms. The highest BCUT2D eigenvalue weighted by molar-refractivity contribution is 14.1. The lowest BCUT2D eigenvalue weighted by molar-refractivity contribution is -0.145. The molecule has 4 nitrogen and oxygen atoms in total. The largest absolute Gasteiger partial charge is 0.466 e. The fourth-order valence-corrected chi connectivity index (χ4v) is 1.65. The van der Waals surface area contributed by atoms with E-state index in [4.69, 9.17) is 4.74 Å². The summed E-state index contributed by atoms with van der Waals surface area (Å²) in [6.07, 6.45) is -0.709. The summed E-state index contributed by atoms with van der Waals surface area (Å²) in [5.74, 6) is -0.371. The molecule has 0 spiro atoms. The molecule has 1 atom stereocenters. The first kappa shape index (κ1) is 14.2. The quantitative estimate of drug-likeness (QED) is 0.610. The summed E-state index contributed by atoms with van der Waals surface area (Å²) >= 11 is 2.23. The van der Waals surface area contributed by atoms with Crippen molar-refractivity contribution in [1.29, 1.82) is 0 Å². The highest BCUT2D eigenvalue weighted by Gasteiger charge is 2.11. The van der Waals surface area contributed by atoms with E-state index in [-0.39, 0.29) is 12.4 Å². The van der Waals surface area contributed by atoms with Crippen molar-refractivity contribution in [3.05, 3.63) is 27.8 Å². The van der Waals surface area contributed by atoms with Gasteiger partial charge in [-0.2, -0.15) is 0 Å². The highest BCUT2D eigenvalue weighted by atomic mass is 127. The molecule has 0 fully saturated rings. The average molecular weight is 349 g/mol. The summed E-state index contributed by atoms with van der Waals surface area (Å²) in [6, 6.07) is 7.80. The lowest BCUT2D eigenvalue weighted by Crippen LogP contribution is -2.23. The van der Waals surface area contributed by atoms with Crippen molar-refractivity contribution in [3.63, 3.8) is 0 Å². The average Bonchev–Trinajstić information content (AvgIpc) is 2.28. The summed E-state index contributed by atoms with van der Waals surface area (Å²) in [5, 5.41) is 12.7. The number of carbonyl (C=O) groups excluding carboxylic acids is 1. The van der Waals surface area contributed by atoms with Gasteiger partial charge in [0.1, 0.15) is 0 Å². The second-order valence-corrected chi connectivity index (χ2v) is 4.80. The highest BCUT2D eigenvalue weighted by Crippen LogP contribution is 2.11. The van der Waals surface area contributed by atoms with Crippen molar-refractivity contribution in [2.75, 3.05) is 18.5 Å². The molecule has 1 aromatic carbocycles. The summed E-state index contributed by atoms with van der Waals surface area (Å²) in [4.78, 5) is 11.1. The molecule has 0 aliphatic rings. The molecule has 1 aromatic rings. The van der Waals surface area contributed by atoms with Gasteiger partial charge in [0.05, 0.1) is 19.1 Å². The third-order valence-electron chi connectivity index (χ3n) is 2.09. The van der Waals surface area contributed by atoms with Crippen LogP contribution in [0, 0.1) is 3.57 Å². The van der Waals surface area contributed by atoms with Crippen LogP contribution in [0.5, 0.6) is 0 Å². The van der Waals surface area contributed by atoms with Crippen LogP contribution < -0.4 is 5.32 Å². The Bertz CT molecular complexity index is 353. The predicted molar refractivity (Wildman–Crippen MR) is 74.9 cm³/mol. The molecule has 1 unspecified atom stereocenters. The van der Waals surface area contributed by atoms with Crippen LogP contribution in [0.4, 0.5) is 5.69 Å². The normalized spacial score (nSPS) is 11.9. The Hall–Kier alpha value is -0.820. The van der Waals surface area contributed by atoms with Crippen molar-refractivity contribution in [2.24, 2.45) is 0 Å². The molecule has 0 saturated heterocycles. The lowest BCUT2D eigenvalue weighted by Gasteiger charge is -2.12. The van der Waals surface area contributed by atoms with Crippen LogP contribution in [-0.4, -0.2) is 30.3 Å². The molecular formula is C12H16INO3. The van der Waals surface area contributed by atoms with Gasteiger partial charge in [0, 0.05) is 15.8 Å². The van der Waals surface area contributed by atoms with Crippen LogP contribution in [0.25, 0.3) is 0 Å². The van der Waals surface area contributed by atoms with Gasteiger partial charge < -0.3 is 15.2 Å². The van der Waals surface area contributed by atoms with Crippen LogP contribution >= 0.6 is 22.6 Å². The fourth-order valence-electron chi connectivity index (χ4n) is 1.29. The third kappa shape index (κ3) is 5.88. The lowest BCUT2D eigenvalue weighted by atomic mass is 10.2. The van der Waals surface area contributed by atoms with E-state index in [0.717, 1.165) is 9.26 Å². The number of hydrogen-bond acceptors (Lipinski definition) is 4. The Morgan fingerprint density at radius 2 is 2.12 bits per heavy atom. The summed E-state index contributed by atoms with van der Waals surface area (Å²) in [6.45, 7) is 2.42. The zero-order valence-corrected chi connectivity index (χ0v) is 11.8. The zero-order valence-electron chi connectivity index (χ0n) is 9.65. The summed E-state index contributed by atoms with van der Waals surface area (Å²) in [5.41, 5.74) is 0.924. The van der Waals surface area contributed by atoms with E-state index in [1.165, 1.54) is 0 Å². The molecule has 0 aliphatic heterocycles. The van der Waals surface area contributed by atoms with E-state index in [1.807, 2.05) is 24.3 Å². The molecule has 94 valence electrons. The molecular weight excluding hydrogens is 333 g/mol. The van der Waals surface area contributed by atoms with E-state index in [0.29, 0.717) is 13.2 Å². The van der Waals surface area contributed by atoms with Crippen LogP contribution in [-0.2, 0) is 9.53 Å². The number of halogens is 1. The van der Waals surface area contributed by atoms with Crippen LogP contribution in [0.1, 0.15) is 13.3 Å². The summed E-state index contributed by atoms with van der Waals surface area (Å²) < 4.78 is 5.91. The molecule has 2 N–H and O–H groups in total. The van der Waals surface area contributed by atoms with Gasteiger partial charge in [0.2, 0.25) is 0 Å². The maximum Gasteiger partial charge on any atom is 0.308 e. The van der Waals surface area contributed by atoms with Crippen LogP contribution in [0.15, 0.2) is 24.3 Å². The number of nitrogens with one attached hydrogen (secondary N) is 1. The van der Waals surface area contributed by atoms with E-state index in [1.54, 1.807) is 6.92 Å². The number of carbonyl (C=O) groups is 1. The van der Waals surface area contributed by atoms with Gasteiger partial charge in [-0.25, -0.2) is 0 Å². The standard InChI is InChI=1S/C12H16INO3/c1-2-17-12(16)7-11(15)8-14-10-5-3-9(13)4-6-10/h3-6,11,14-15H,2,7-8H2,1H3. The van der Waals surface area contributed by atoms with Crippen molar-refractivity contribution in [1.82, 2.24) is 0 Å². The molecule has 0 heterocycles. The molecule has 0 radical (unpaired) electrons. The fraction of sp³-hybridized carbons (Fsp3) is 0.417. The van der Waals surface area contributed by atoms with E-state index in [9.17, 15) is 9.90 Å². The van der Waals surface area contributed by atoms with E-state index < -0.39 is 6.10 Å². The number of benzene rings is 1. The second-order valence-electron chi connectivity index (χ2n) is 3.55. The van der Waals surface area contributed by atoms with Gasteiger partial charge >= 0.3 is 5.97 Å². The van der Waals surface area contributed by atoms with Gasteiger partial charge in [0.15, 0.2) is 0 Å². The molecule has 0 aromatic heterocycles. The third-order valence-corrected chi connectivity index (χ3v) is 2.81.